The quantitative estimate of drug-likeness (QED) is 0.505. The van der Waals surface area contributed by atoms with Gasteiger partial charge in [0.25, 0.3) is 0 Å². The first-order chi connectivity index (χ1) is 11.3. The van der Waals surface area contributed by atoms with Crippen LogP contribution in [0.3, 0.4) is 0 Å². The zero-order valence-electron chi connectivity index (χ0n) is 17.4. The predicted octanol–water partition coefficient (Wildman–Crippen LogP) is 4.07. The topological polar surface area (TPSA) is 62.3 Å². The summed E-state index contributed by atoms with van der Waals surface area (Å²) >= 11 is 0. The van der Waals surface area contributed by atoms with E-state index < -0.39 is 0 Å². The molecule has 0 saturated heterocycles. The van der Waals surface area contributed by atoms with Crippen LogP contribution in [0, 0.1) is 44.4 Å². The van der Waals surface area contributed by atoms with E-state index in [1.54, 1.807) is 24.3 Å². The first-order valence-corrected chi connectivity index (χ1v) is 8.59. The summed E-state index contributed by atoms with van der Waals surface area (Å²) in [5.74, 6) is 4.68. The molecule has 5 heteroatoms. The van der Waals surface area contributed by atoms with Gasteiger partial charge in [0.2, 0.25) is 0 Å². The average molecular weight is 549 g/mol. The van der Waals surface area contributed by atoms with Gasteiger partial charge in [-0.2, -0.15) is 0 Å². The van der Waals surface area contributed by atoms with Crippen molar-refractivity contribution in [1.29, 1.82) is 0 Å². The molecule has 2 aromatic rings. The summed E-state index contributed by atoms with van der Waals surface area (Å²) in [5.41, 5.74) is 0.187. The van der Waals surface area contributed by atoms with E-state index in [-0.39, 0.29) is 46.1 Å². The molecule has 155 valence electrons. The molecule has 0 aromatic carbocycles. The number of rotatable bonds is 1. The van der Waals surface area contributed by atoms with E-state index in [4.69, 9.17) is 0 Å². The van der Waals surface area contributed by atoms with Gasteiger partial charge in [-0.25, -0.2) is 0 Å². The summed E-state index contributed by atoms with van der Waals surface area (Å²) in [7, 11) is 0. The number of hydrogen-bond donors (Lipinski definition) is 0. The van der Waals surface area contributed by atoms with Crippen LogP contribution in [0.15, 0.2) is 46.0 Å². The van der Waals surface area contributed by atoms with Gasteiger partial charge in [0, 0.05) is 20.1 Å². The minimum absolute atomic E-state index is 0. The summed E-state index contributed by atoms with van der Waals surface area (Å²) in [6.07, 6.45) is 0. The Hall–Kier alpha value is -1.45. The van der Waals surface area contributed by atoms with Crippen LogP contribution in [-0.2, 0) is 20.1 Å². The Bertz CT molecular complexity index is 688. The van der Waals surface area contributed by atoms with E-state index in [1.165, 1.54) is 12.1 Å². The Morgan fingerprint density at radius 1 is 0.593 bits per heavy atom. The van der Waals surface area contributed by atoms with Crippen LogP contribution in [-0.4, -0.2) is 0 Å². The summed E-state index contributed by atoms with van der Waals surface area (Å²) in [6.45, 7) is 12.0. The molecule has 0 bridgehead atoms. The molecule has 0 atom stereocenters. The maximum Gasteiger partial charge on any atom is 0.0779 e. The van der Waals surface area contributed by atoms with Gasteiger partial charge in [-0.3, -0.25) is 0 Å². The molecule has 0 amide bonds. The Balaban J connectivity index is 0. The number of aromatic nitrogens is 2. The minimum atomic E-state index is -0.333. The van der Waals surface area contributed by atoms with Gasteiger partial charge in [-0.05, 0) is 41.7 Å². The van der Waals surface area contributed by atoms with E-state index >= 15 is 0 Å². The van der Waals surface area contributed by atoms with Gasteiger partial charge < -0.3 is 34.4 Å². The SMILES string of the molecule is CC1C(C)C(C)C(C)C1C.O=c1cccc(-c2cccc(=O)[n-]2)[n-]1.[CH3-].[CH3-].[Ir]. The zero-order chi connectivity index (χ0) is 17.9. The molecule has 0 unspecified atom stereocenters. The van der Waals surface area contributed by atoms with E-state index in [9.17, 15) is 9.59 Å². The standard InChI is InChI=1S/C10H8N2O2.C10H20.2CH3.Ir/c13-9-5-1-3-7(11-9)8-4-2-6-10(14)12-8;1-6-7(2)9(4)10(5)8(6)3;;;/h1-6H,(H2,11,12,13,14);6-10H,1-5H3;2*1H3;/q;;2*-1;/p-2. The van der Waals surface area contributed by atoms with Gasteiger partial charge in [0.1, 0.15) is 0 Å². The van der Waals surface area contributed by atoms with Gasteiger partial charge >= 0.3 is 0 Å². The summed E-state index contributed by atoms with van der Waals surface area (Å²) in [5, 5.41) is 0. The van der Waals surface area contributed by atoms with Crippen molar-refractivity contribution in [3.8, 4) is 11.4 Å². The van der Waals surface area contributed by atoms with Crippen molar-refractivity contribution in [3.63, 3.8) is 0 Å². The van der Waals surface area contributed by atoms with Crippen LogP contribution in [0.25, 0.3) is 11.4 Å². The van der Waals surface area contributed by atoms with Crippen LogP contribution in [0.1, 0.15) is 34.6 Å². The number of nitrogens with zero attached hydrogens (tertiary/aromatic N) is 2. The molecule has 0 aliphatic heterocycles. The van der Waals surface area contributed by atoms with Gasteiger partial charge in [0.05, 0.1) is 11.1 Å². The van der Waals surface area contributed by atoms with Gasteiger partial charge in [0.15, 0.2) is 0 Å². The van der Waals surface area contributed by atoms with Crippen molar-refractivity contribution in [1.82, 2.24) is 9.97 Å². The second-order valence-corrected chi connectivity index (χ2v) is 7.02. The molecule has 1 radical (unpaired) electrons. The van der Waals surface area contributed by atoms with E-state index in [2.05, 4.69) is 44.6 Å². The first kappa shape index (κ1) is 27.8. The molecule has 0 N–H and O–H groups in total. The van der Waals surface area contributed by atoms with Gasteiger partial charge in [-0.1, -0.05) is 58.9 Å². The zero-order valence-corrected chi connectivity index (χ0v) is 19.8. The van der Waals surface area contributed by atoms with Crippen molar-refractivity contribution < 1.29 is 20.1 Å². The van der Waals surface area contributed by atoms with Crippen LogP contribution in [0.5, 0.6) is 0 Å². The van der Waals surface area contributed by atoms with Crippen LogP contribution in [0.4, 0.5) is 0 Å². The molecule has 1 aliphatic rings. The third kappa shape index (κ3) is 6.89. The van der Waals surface area contributed by atoms with Crippen LogP contribution < -0.4 is 21.1 Å². The van der Waals surface area contributed by atoms with Crippen molar-refractivity contribution in [2.24, 2.45) is 29.6 Å². The fourth-order valence-electron chi connectivity index (χ4n) is 3.51. The largest absolute Gasteiger partial charge is 0.624 e. The molecule has 1 saturated carbocycles. The van der Waals surface area contributed by atoms with E-state index in [0.29, 0.717) is 11.4 Å². The van der Waals surface area contributed by atoms with Crippen LogP contribution in [0.2, 0.25) is 0 Å². The van der Waals surface area contributed by atoms with Crippen molar-refractivity contribution in [3.05, 3.63) is 72.0 Å². The Kier molecular flexibility index (Phi) is 12.4. The Labute approximate surface area is 177 Å². The summed E-state index contributed by atoms with van der Waals surface area (Å²) in [6, 6.07) is 9.16. The molecular formula is C22H32IrN2O2-4. The fourth-order valence-corrected chi connectivity index (χ4v) is 3.51. The van der Waals surface area contributed by atoms with Gasteiger partial charge in [-0.15, -0.1) is 11.4 Å². The molecule has 4 nitrogen and oxygen atoms in total. The summed E-state index contributed by atoms with van der Waals surface area (Å²) < 4.78 is 0. The van der Waals surface area contributed by atoms with E-state index in [0.717, 1.165) is 29.6 Å². The van der Waals surface area contributed by atoms with Crippen molar-refractivity contribution >= 4 is 0 Å². The molecule has 1 aliphatic carbocycles. The third-order valence-electron chi connectivity index (χ3n) is 5.86. The second kappa shape index (κ2) is 12.1. The maximum absolute atomic E-state index is 10.9. The molecule has 3 rings (SSSR count). The molecular weight excluding hydrogens is 516 g/mol. The molecule has 0 spiro atoms. The van der Waals surface area contributed by atoms with Crippen molar-refractivity contribution in [2.45, 2.75) is 34.6 Å². The van der Waals surface area contributed by atoms with E-state index in [1.807, 2.05) is 0 Å². The Morgan fingerprint density at radius 2 is 0.852 bits per heavy atom. The average Bonchev–Trinajstić information content (AvgIpc) is 2.73. The Morgan fingerprint density at radius 3 is 1.07 bits per heavy atom. The molecule has 2 heterocycles. The summed E-state index contributed by atoms with van der Waals surface area (Å²) in [4.78, 5) is 29.3. The minimum Gasteiger partial charge on any atom is -0.624 e. The first-order valence-electron chi connectivity index (χ1n) is 8.59. The third-order valence-corrected chi connectivity index (χ3v) is 5.86. The smallest absolute Gasteiger partial charge is 0.0779 e. The monoisotopic (exact) mass is 549 g/mol. The second-order valence-electron chi connectivity index (χ2n) is 7.02. The number of pyridine rings is 2. The molecule has 27 heavy (non-hydrogen) atoms. The normalized spacial score (nSPS) is 25.7. The number of hydrogen-bond acceptors (Lipinski definition) is 2. The van der Waals surface area contributed by atoms with Crippen LogP contribution >= 0.6 is 0 Å². The predicted molar refractivity (Wildman–Crippen MR) is 110 cm³/mol. The fraction of sp³-hybridized carbons (Fsp3) is 0.455. The maximum atomic E-state index is 10.9. The molecule has 1 fully saturated rings. The molecule has 2 aromatic heterocycles. The van der Waals surface area contributed by atoms with Crippen molar-refractivity contribution in [2.75, 3.05) is 0 Å².